The molecule has 4 nitrogen and oxygen atoms in total. The molecule has 1 aromatic carbocycles. The van der Waals surface area contributed by atoms with Crippen molar-refractivity contribution in [2.24, 2.45) is 0 Å². The van der Waals surface area contributed by atoms with Crippen LogP contribution in [0.2, 0.25) is 0 Å². The summed E-state index contributed by atoms with van der Waals surface area (Å²) in [5, 5.41) is 2.99. The van der Waals surface area contributed by atoms with Crippen LogP contribution in [0.25, 0.3) is 0 Å². The van der Waals surface area contributed by atoms with Gasteiger partial charge in [-0.05, 0) is 38.1 Å². The van der Waals surface area contributed by atoms with Gasteiger partial charge in [0.2, 0.25) is 0 Å². The average molecular weight is 237 g/mol. The van der Waals surface area contributed by atoms with Crippen LogP contribution in [-0.4, -0.2) is 33.1 Å². The van der Waals surface area contributed by atoms with Gasteiger partial charge in [-0.25, -0.2) is 0 Å². The zero-order chi connectivity index (χ0) is 12.8. The number of likely N-dealkylation sites (N-methyl/N-ethyl adjacent to an activating group) is 1. The maximum atomic E-state index is 11.3. The lowest BCUT2D eigenvalue weighted by Crippen LogP contribution is -2.34. The Labute approximate surface area is 102 Å². The van der Waals surface area contributed by atoms with E-state index < -0.39 is 0 Å². The number of benzene rings is 1. The van der Waals surface area contributed by atoms with Gasteiger partial charge in [0.05, 0.1) is 20.3 Å². The average Bonchev–Trinajstić information content (AvgIpc) is 2.35. The van der Waals surface area contributed by atoms with Crippen LogP contribution >= 0.6 is 0 Å². The van der Waals surface area contributed by atoms with Crippen molar-refractivity contribution in [3.8, 4) is 11.5 Å². The molecule has 0 aliphatic rings. The molecule has 94 valence electrons. The fourth-order valence-corrected chi connectivity index (χ4v) is 1.69. The quantitative estimate of drug-likeness (QED) is 0.813. The first-order chi connectivity index (χ1) is 8.12. The molecule has 0 amide bonds. The first-order valence-corrected chi connectivity index (χ1v) is 5.51. The van der Waals surface area contributed by atoms with Crippen LogP contribution in [0, 0.1) is 0 Å². The van der Waals surface area contributed by atoms with E-state index in [0.717, 1.165) is 5.56 Å². The van der Waals surface area contributed by atoms with Crippen LogP contribution in [0.4, 0.5) is 0 Å². The topological polar surface area (TPSA) is 47.6 Å². The molecule has 0 aliphatic carbocycles. The maximum absolute atomic E-state index is 11.3. The molecule has 0 aromatic heterocycles. The number of methoxy groups -OCH3 is 2. The van der Waals surface area contributed by atoms with Gasteiger partial charge in [-0.15, -0.1) is 0 Å². The predicted molar refractivity (Wildman–Crippen MR) is 66.8 cm³/mol. The molecule has 4 heteroatoms. The minimum absolute atomic E-state index is 0.127. The summed E-state index contributed by atoms with van der Waals surface area (Å²) < 4.78 is 10.4. The standard InChI is InChI=1S/C13H19NO3/c1-9(15)11(14-2)7-10-5-6-12(16-3)13(8-10)17-4/h5-6,8,11,14H,7H2,1-4H3/t11-/m0/s1. The maximum Gasteiger partial charge on any atom is 0.160 e. The summed E-state index contributed by atoms with van der Waals surface area (Å²) >= 11 is 0. The van der Waals surface area contributed by atoms with Crippen molar-refractivity contribution in [2.45, 2.75) is 19.4 Å². The van der Waals surface area contributed by atoms with Gasteiger partial charge < -0.3 is 14.8 Å². The van der Waals surface area contributed by atoms with Crippen molar-refractivity contribution in [1.29, 1.82) is 0 Å². The number of Topliss-reactive ketones (excluding diaryl/α,β-unsaturated/α-hetero) is 1. The molecule has 0 aliphatic heterocycles. The van der Waals surface area contributed by atoms with E-state index in [1.54, 1.807) is 28.2 Å². The summed E-state index contributed by atoms with van der Waals surface area (Å²) in [5.74, 6) is 1.51. The number of nitrogens with one attached hydrogen (secondary N) is 1. The first-order valence-electron chi connectivity index (χ1n) is 5.51. The smallest absolute Gasteiger partial charge is 0.160 e. The summed E-state index contributed by atoms with van der Waals surface area (Å²) in [4.78, 5) is 11.3. The van der Waals surface area contributed by atoms with Crippen molar-refractivity contribution in [3.63, 3.8) is 0 Å². The van der Waals surface area contributed by atoms with E-state index in [9.17, 15) is 4.79 Å². The van der Waals surface area contributed by atoms with E-state index in [1.807, 2.05) is 18.2 Å². The second-order valence-electron chi connectivity index (χ2n) is 3.85. The lowest BCUT2D eigenvalue weighted by atomic mass is 10.0. The summed E-state index contributed by atoms with van der Waals surface area (Å²) in [5.41, 5.74) is 1.04. The normalized spacial score (nSPS) is 12.0. The molecule has 1 aromatic rings. The van der Waals surface area contributed by atoms with Crippen molar-refractivity contribution < 1.29 is 14.3 Å². The highest BCUT2D eigenvalue weighted by Crippen LogP contribution is 2.27. The molecule has 0 saturated carbocycles. The molecule has 0 radical (unpaired) electrons. The molecule has 1 rings (SSSR count). The highest BCUT2D eigenvalue weighted by Gasteiger charge is 2.13. The number of hydrogen-bond acceptors (Lipinski definition) is 4. The lowest BCUT2D eigenvalue weighted by molar-refractivity contribution is -0.118. The Morgan fingerprint density at radius 2 is 1.94 bits per heavy atom. The van der Waals surface area contributed by atoms with Crippen LogP contribution in [0.1, 0.15) is 12.5 Å². The molecule has 0 bridgehead atoms. The van der Waals surface area contributed by atoms with E-state index in [1.165, 1.54) is 0 Å². The summed E-state index contributed by atoms with van der Waals surface area (Å²) in [6, 6.07) is 5.52. The highest BCUT2D eigenvalue weighted by molar-refractivity contribution is 5.81. The fraction of sp³-hybridized carbons (Fsp3) is 0.462. The Kier molecular flexibility index (Phi) is 4.97. The summed E-state index contributed by atoms with van der Waals surface area (Å²) in [6.07, 6.45) is 0.645. The fourth-order valence-electron chi connectivity index (χ4n) is 1.69. The minimum atomic E-state index is -0.159. The third kappa shape index (κ3) is 3.46. The molecule has 1 atom stereocenters. The van der Waals surface area contributed by atoms with Crippen molar-refractivity contribution in [2.75, 3.05) is 21.3 Å². The number of rotatable bonds is 6. The van der Waals surface area contributed by atoms with Gasteiger partial charge in [-0.3, -0.25) is 4.79 Å². The molecular weight excluding hydrogens is 218 g/mol. The van der Waals surface area contributed by atoms with Gasteiger partial charge in [0.25, 0.3) is 0 Å². The second-order valence-corrected chi connectivity index (χ2v) is 3.85. The van der Waals surface area contributed by atoms with E-state index in [4.69, 9.17) is 9.47 Å². The summed E-state index contributed by atoms with van der Waals surface area (Å²) in [6.45, 7) is 1.59. The third-order valence-corrected chi connectivity index (χ3v) is 2.73. The molecule has 0 unspecified atom stereocenters. The Bertz CT molecular complexity index is 390. The molecule has 17 heavy (non-hydrogen) atoms. The van der Waals surface area contributed by atoms with E-state index in [0.29, 0.717) is 17.9 Å². The van der Waals surface area contributed by atoms with Crippen molar-refractivity contribution in [3.05, 3.63) is 23.8 Å². The molecular formula is C13H19NO3. The zero-order valence-corrected chi connectivity index (χ0v) is 10.7. The SMILES string of the molecule is CN[C@@H](Cc1ccc(OC)c(OC)c1)C(C)=O. The van der Waals surface area contributed by atoms with Crippen LogP contribution in [0.15, 0.2) is 18.2 Å². The van der Waals surface area contributed by atoms with Crippen molar-refractivity contribution in [1.82, 2.24) is 5.32 Å². The molecule has 0 saturated heterocycles. The number of carbonyl (C=O) groups is 1. The van der Waals surface area contributed by atoms with Crippen LogP contribution in [0.5, 0.6) is 11.5 Å². The Morgan fingerprint density at radius 3 is 2.41 bits per heavy atom. The largest absolute Gasteiger partial charge is 0.493 e. The molecule has 0 heterocycles. The molecule has 0 fully saturated rings. The third-order valence-electron chi connectivity index (χ3n) is 2.73. The van der Waals surface area contributed by atoms with Crippen molar-refractivity contribution >= 4 is 5.78 Å². The van der Waals surface area contributed by atoms with Crippen LogP contribution in [0.3, 0.4) is 0 Å². The van der Waals surface area contributed by atoms with Gasteiger partial charge in [0.15, 0.2) is 11.5 Å². The van der Waals surface area contributed by atoms with Gasteiger partial charge in [0.1, 0.15) is 5.78 Å². The minimum Gasteiger partial charge on any atom is -0.493 e. The van der Waals surface area contributed by atoms with Gasteiger partial charge in [-0.1, -0.05) is 6.07 Å². The van der Waals surface area contributed by atoms with E-state index >= 15 is 0 Å². The number of hydrogen-bond donors (Lipinski definition) is 1. The van der Waals surface area contributed by atoms with E-state index in [2.05, 4.69) is 5.32 Å². The zero-order valence-electron chi connectivity index (χ0n) is 10.7. The number of ketones is 1. The van der Waals surface area contributed by atoms with Gasteiger partial charge in [0, 0.05) is 0 Å². The van der Waals surface area contributed by atoms with Crippen LogP contribution in [-0.2, 0) is 11.2 Å². The number of ether oxygens (including phenoxy) is 2. The van der Waals surface area contributed by atoms with Gasteiger partial charge in [-0.2, -0.15) is 0 Å². The van der Waals surface area contributed by atoms with Gasteiger partial charge >= 0.3 is 0 Å². The Balaban J connectivity index is 2.88. The summed E-state index contributed by atoms with van der Waals surface area (Å²) in [7, 11) is 4.98. The Morgan fingerprint density at radius 1 is 1.29 bits per heavy atom. The molecule has 0 spiro atoms. The Hall–Kier alpha value is -1.55. The van der Waals surface area contributed by atoms with E-state index in [-0.39, 0.29) is 11.8 Å². The number of carbonyl (C=O) groups excluding carboxylic acids is 1. The van der Waals surface area contributed by atoms with Crippen LogP contribution < -0.4 is 14.8 Å². The molecule has 1 N–H and O–H groups in total. The predicted octanol–water partition coefficient (Wildman–Crippen LogP) is 1.42. The second kappa shape index (κ2) is 6.25. The highest BCUT2D eigenvalue weighted by atomic mass is 16.5. The first kappa shape index (κ1) is 13.5. The monoisotopic (exact) mass is 237 g/mol. The lowest BCUT2D eigenvalue weighted by Gasteiger charge is -2.14.